The Labute approximate surface area is 426 Å². The molecule has 0 saturated carbocycles. The van der Waals surface area contributed by atoms with Crippen molar-refractivity contribution in [3.63, 3.8) is 0 Å². The molecule has 3 N–H and O–H groups in total. The van der Waals surface area contributed by atoms with Crippen molar-refractivity contribution in [3.05, 3.63) is 292 Å². The number of aliphatic imine (C=N–C) groups is 1. The second-order valence-electron chi connectivity index (χ2n) is 20.4. The van der Waals surface area contributed by atoms with Gasteiger partial charge >= 0.3 is 0 Å². The van der Waals surface area contributed by atoms with E-state index in [1.54, 1.807) is 0 Å². The van der Waals surface area contributed by atoms with E-state index in [9.17, 15) is 0 Å². The second kappa shape index (κ2) is 21.1. The Balaban J connectivity index is 0.909. The average Bonchev–Trinajstić information content (AvgIpc) is 3.82. The van der Waals surface area contributed by atoms with Gasteiger partial charge in [-0.2, -0.15) is 0 Å². The molecule has 7 atom stereocenters. The van der Waals surface area contributed by atoms with Crippen LogP contribution in [0.25, 0.3) is 16.8 Å². The number of nitrogens with zero attached hydrogens (tertiary/aromatic N) is 1. The fourth-order valence-corrected chi connectivity index (χ4v) is 11.8. The van der Waals surface area contributed by atoms with E-state index in [-0.39, 0.29) is 30.1 Å². The van der Waals surface area contributed by atoms with Crippen molar-refractivity contribution in [1.82, 2.24) is 16.0 Å². The summed E-state index contributed by atoms with van der Waals surface area (Å²) in [7, 11) is 0. The van der Waals surface area contributed by atoms with E-state index in [4.69, 9.17) is 4.99 Å². The van der Waals surface area contributed by atoms with E-state index < -0.39 is 0 Å². The van der Waals surface area contributed by atoms with Crippen LogP contribution in [0.5, 0.6) is 0 Å². The predicted octanol–water partition coefficient (Wildman–Crippen LogP) is 15.3. The summed E-state index contributed by atoms with van der Waals surface area (Å²) in [5.41, 5.74) is 18.5. The van der Waals surface area contributed by atoms with Gasteiger partial charge in [0.15, 0.2) is 0 Å². The molecular weight excluding hydrogens is 873 g/mol. The van der Waals surface area contributed by atoms with Crippen LogP contribution in [-0.2, 0) is 0 Å². The summed E-state index contributed by atoms with van der Waals surface area (Å²) < 4.78 is 0. The maximum absolute atomic E-state index is 5.79. The summed E-state index contributed by atoms with van der Waals surface area (Å²) >= 11 is 0. The van der Waals surface area contributed by atoms with Gasteiger partial charge in [0.05, 0.1) is 23.6 Å². The summed E-state index contributed by atoms with van der Waals surface area (Å²) in [6.45, 7) is 0. The van der Waals surface area contributed by atoms with Gasteiger partial charge in [0.25, 0.3) is 0 Å². The third-order valence-electron chi connectivity index (χ3n) is 15.8. The quantitative estimate of drug-likeness (QED) is 0.122. The molecule has 0 radical (unpaired) electrons. The SMILES string of the molecule is C1=CCCC(C2NC(C3C=CC=CC3)=CC(c3ccc(C4=CCC(c5ccc(C6C=CC(C7CC=CCC7)NC(c7ccccc7)=C6)cc5)=NC5=C(c6ccccc6)CC(c6ccccc6)C=C45)cc3)N2)=C1. The minimum atomic E-state index is 0.0739. The molecule has 3 aliphatic heterocycles. The number of benzene rings is 5. The van der Waals surface area contributed by atoms with Crippen molar-refractivity contribution in [2.45, 2.75) is 81.5 Å². The average molecular weight is 937 g/mol. The highest BCUT2D eigenvalue weighted by molar-refractivity contribution is 6.06. The lowest BCUT2D eigenvalue weighted by Crippen LogP contribution is -2.49. The van der Waals surface area contributed by atoms with E-state index in [2.05, 4.69) is 247 Å². The molecule has 4 aliphatic carbocycles. The first-order chi connectivity index (χ1) is 35.7. The highest BCUT2D eigenvalue weighted by atomic mass is 15.2. The van der Waals surface area contributed by atoms with E-state index in [0.717, 1.165) is 55.5 Å². The van der Waals surface area contributed by atoms with E-state index >= 15 is 0 Å². The number of nitrogens with one attached hydrogen (secondary N) is 3. The van der Waals surface area contributed by atoms with Gasteiger partial charge < -0.3 is 10.6 Å². The van der Waals surface area contributed by atoms with Gasteiger partial charge in [0.2, 0.25) is 0 Å². The fraction of sp³-hybridized carbons (Fsp3) is 0.221. The molecule has 5 aromatic carbocycles. The lowest BCUT2D eigenvalue weighted by molar-refractivity contribution is 0.408. The van der Waals surface area contributed by atoms with Crippen molar-refractivity contribution < 1.29 is 0 Å². The van der Waals surface area contributed by atoms with E-state index in [1.165, 1.54) is 73.5 Å². The predicted molar refractivity (Wildman–Crippen MR) is 301 cm³/mol. The molecule has 4 nitrogen and oxygen atoms in total. The Kier molecular flexibility index (Phi) is 13.3. The zero-order chi connectivity index (χ0) is 48.1. The Hall–Kier alpha value is -7.53. The molecule has 12 rings (SSSR count). The van der Waals surface area contributed by atoms with Crippen molar-refractivity contribution in [2.24, 2.45) is 16.8 Å². The molecule has 4 heteroatoms. The third-order valence-corrected chi connectivity index (χ3v) is 15.8. The third kappa shape index (κ3) is 9.89. The van der Waals surface area contributed by atoms with Gasteiger partial charge in [-0.05, 0) is 119 Å². The molecular formula is C68H64N4. The number of hydrogen-bond donors (Lipinski definition) is 3. The first-order valence-corrected chi connectivity index (χ1v) is 26.5. The second-order valence-corrected chi connectivity index (χ2v) is 20.4. The van der Waals surface area contributed by atoms with Crippen LogP contribution in [0.2, 0.25) is 0 Å². The summed E-state index contributed by atoms with van der Waals surface area (Å²) in [5.74, 6) is 1.27. The van der Waals surface area contributed by atoms with Gasteiger partial charge in [0.1, 0.15) is 0 Å². The van der Waals surface area contributed by atoms with Crippen molar-refractivity contribution in [2.75, 3.05) is 0 Å². The summed E-state index contributed by atoms with van der Waals surface area (Å²) in [5, 5.41) is 11.9. The molecule has 0 bridgehead atoms. The molecule has 5 aromatic rings. The van der Waals surface area contributed by atoms with Crippen molar-refractivity contribution in [1.29, 1.82) is 0 Å². The maximum atomic E-state index is 5.79. The molecule has 0 spiro atoms. The zero-order valence-corrected chi connectivity index (χ0v) is 41.1. The summed E-state index contributed by atoms with van der Waals surface area (Å²) in [6, 6.07) is 51.9. The van der Waals surface area contributed by atoms with Gasteiger partial charge in [-0.25, -0.2) is 0 Å². The lowest BCUT2D eigenvalue weighted by atomic mass is 9.78. The monoisotopic (exact) mass is 937 g/mol. The first-order valence-electron chi connectivity index (χ1n) is 26.5. The van der Waals surface area contributed by atoms with Gasteiger partial charge in [-0.1, -0.05) is 219 Å². The van der Waals surface area contributed by atoms with Gasteiger partial charge in [-0.15, -0.1) is 0 Å². The molecule has 0 fully saturated rings. The molecule has 0 saturated heterocycles. The smallest absolute Gasteiger partial charge is 0.0999 e. The van der Waals surface area contributed by atoms with Crippen LogP contribution in [0.15, 0.2) is 258 Å². The number of rotatable bonds is 10. The first kappa shape index (κ1) is 45.6. The number of fused-ring (bicyclic) bond motifs is 1. The zero-order valence-electron chi connectivity index (χ0n) is 41.1. The van der Waals surface area contributed by atoms with Crippen LogP contribution in [0.3, 0.4) is 0 Å². The Morgan fingerprint density at radius 3 is 2.03 bits per heavy atom. The maximum Gasteiger partial charge on any atom is 0.0999 e. The Morgan fingerprint density at radius 1 is 0.528 bits per heavy atom. The lowest BCUT2D eigenvalue weighted by Gasteiger charge is -2.37. The topological polar surface area (TPSA) is 48.5 Å². The Morgan fingerprint density at radius 2 is 1.29 bits per heavy atom. The van der Waals surface area contributed by atoms with Crippen LogP contribution < -0.4 is 16.0 Å². The summed E-state index contributed by atoms with van der Waals surface area (Å²) in [6.07, 6.45) is 43.4. The molecule has 7 unspecified atom stereocenters. The normalized spacial score (nSPS) is 25.8. The van der Waals surface area contributed by atoms with Crippen molar-refractivity contribution >= 4 is 22.6 Å². The number of hydrogen-bond acceptors (Lipinski definition) is 4. The largest absolute Gasteiger partial charge is 0.378 e. The summed E-state index contributed by atoms with van der Waals surface area (Å²) in [4.78, 5) is 5.79. The van der Waals surface area contributed by atoms with Gasteiger partial charge in [0, 0.05) is 47.2 Å². The fourth-order valence-electron chi connectivity index (χ4n) is 11.8. The molecule has 7 aliphatic rings. The van der Waals surface area contributed by atoms with Crippen LogP contribution in [0, 0.1) is 11.8 Å². The van der Waals surface area contributed by atoms with Crippen LogP contribution in [0.1, 0.15) is 108 Å². The number of allylic oxidation sites excluding steroid dienone is 15. The minimum Gasteiger partial charge on any atom is -0.378 e. The van der Waals surface area contributed by atoms with Gasteiger partial charge in [-0.3, -0.25) is 10.3 Å². The van der Waals surface area contributed by atoms with Crippen LogP contribution in [-0.4, -0.2) is 17.9 Å². The molecule has 3 heterocycles. The molecule has 0 amide bonds. The molecule has 356 valence electrons. The van der Waals surface area contributed by atoms with Crippen LogP contribution >= 0.6 is 0 Å². The molecule has 0 aromatic heterocycles. The van der Waals surface area contributed by atoms with Crippen molar-refractivity contribution in [3.8, 4) is 0 Å². The van der Waals surface area contributed by atoms with E-state index in [0.29, 0.717) is 18.3 Å². The highest BCUT2D eigenvalue weighted by Crippen LogP contribution is 2.47. The standard InChI is InChI=1S/C68H64N4/c1-7-19-47(20-8-1)58-43-60(49-21-9-2-10-22-49)67-61(44-58)59(50-33-37-55(38-34-50)66-46-65(53-27-15-5-16-28-53)71-68(72-66)56-29-17-6-18-30-56)40-42-63(70-67)54-35-31-48(32-36-54)57-39-41-62(51-23-11-3-12-24-51)69-64(45-57)52-25-13-4-14-26-52/h1-11,13-17,19-22,25-27,29,31-41,44-46,51,53,57-58,62,66,68-69,71-72H,12,18,23-24,28,30,42-43H2. The highest BCUT2D eigenvalue weighted by Gasteiger charge is 2.31. The van der Waals surface area contributed by atoms with Crippen LogP contribution in [0.4, 0.5) is 0 Å². The minimum absolute atomic E-state index is 0.0739. The van der Waals surface area contributed by atoms with E-state index in [1.807, 2.05) is 0 Å². The molecule has 72 heavy (non-hydrogen) atoms. The Bertz CT molecular complexity index is 3150.